The zero-order valence-corrected chi connectivity index (χ0v) is 6.92. The Kier molecular flexibility index (Phi) is 1.79. The monoisotopic (exact) mass is 178 g/mol. The molecule has 68 valence electrons. The van der Waals surface area contributed by atoms with E-state index >= 15 is 0 Å². The number of nitrogens with two attached hydrogens (primary N) is 1. The van der Waals surface area contributed by atoms with Crippen molar-refractivity contribution in [2.75, 3.05) is 0 Å². The molecule has 2 heterocycles. The number of hydrogen-bond donors (Lipinski definition) is 4. The Morgan fingerprint density at radius 3 is 2.85 bits per heavy atom. The summed E-state index contributed by atoms with van der Waals surface area (Å²) in [4.78, 5) is 14.2. The van der Waals surface area contributed by atoms with Gasteiger partial charge in [-0.3, -0.25) is 15.0 Å². The van der Waals surface area contributed by atoms with E-state index in [1.54, 1.807) is 6.20 Å². The van der Waals surface area contributed by atoms with Crippen LogP contribution in [0.4, 0.5) is 0 Å². The van der Waals surface area contributed by atoms with Crippen molar-refractivity contribution in [2.24, 2.45) is 5.73 Å². The van der Waals surface area contributed by atoms with Crippen LogP contribution in [0.3, 0.4) is 0 Å². The largest absolute Gasteiger partial charge is 0.360 e. The van der Waals surface area contributed by atoms with Gasteiger partial charge in [-0.15, -0.1) is 0 Å². The number of aromatic nitrogens is 3. The van der Waals surface area contributed by atoms with Crippen molar-refractivity contribution in [2.45, 2.75) is 6.54 Å². The molecule has 2 aromatic heterocycles. The molecule has 0 aliphatic carbocycles. The summed E-state index contributed by atoms with van der Waals surface area (Å²) in [6, 6.07) is 3.74. The Bertz CT molecular complexity index is 437. The molecule has 5 N–H and O–H groups in total. The molecule has 2 aromatic rings. The maximum Gasteiger partial charge on any atom is 0.269 e. The van der Waals surface area contributed by atoms with Crippen molar-refractivity contribution < 1.29 is 0 Å². The van der Waals surface area contributed by atoms with E-state index in [4.69, 9.17) is 5.73 Å². The summed E-state index contributed by atoms with van der Waals surface area (Å²) in [7, 11) is 0. The fraction of sp³-hybridized carbons (Fsp3) is 0.125. The van der Waals surface area contributed by atoms with Gasteiger partial charge < -0.3 is 10.7 Å². The normalized spacial score (nSPS) is 10.5. The molecular weight excluding hydrogens is 168 g/mol. The minimum Gasteiger partial charge on any atom is -0.360 e. The molecule has 0 aliphatic heterocycles. The molecule has 0 aromatic carbocycles. The molecule has 0 spiro atoms. The molecule has 0 radical (unpaired) electrons. The van der Waals surface area contributed by atoms with Crippen LogP contribution in [-0.4, -0.2) is 15.2 Å². The van der Waals surface area contributed by atoms with Crippen molar-refractivity contribution in [1.29, 1.82) is 0 Å². The van der Waals surface area contributed by atoms with Crippen molar-refractivity contribution in [1.82, 2.24) is 15.2 Å². The topological polar surface area (TPSA) is 90.5 Å². The first-order chi connectivity index (χ1) is 6.33. The van der Waals surface area contributed by atoms with Gasteiger partial charge in [0.25, 0.3) is 5.56 Å². The second-order valence-corrected chi connectivity index (χ2v) is 2.72. The van der Waals surface area contributed by atoms with Gasteiger partial charge in [-0.1, -0.05) is 0 Å². The van der Waals surface area contributed by atoms with E-state index in [0.717, 1.165) is 11.4 Å². The number of rotatable bonds is 2. The molecule has 13 heavy (non-hydrogen) atoms. The Balaban J connectivity index is 2.58. The van der Waals surface area contributed by atoms with Crippen LogP contribution < -0.4 is 11.3 Å². The van der Waals surface area contributed by atoms with Gasteiger partial charge in [0.1, 0.15) is 0 Å². The average Bonchev–Trinajstić information content (AvgIpc) is 2.71. The highest BCUT2D eigenvalue weighted by Gasteiger charge is 2.09. The highest BCUT2D eigenvalue weighted by molar-refractivity contribution is 5.58. The van der Waals surface area contributed by atoms with Crippen molar-refractivity contribution in [3.05, 3.63) is 34.2 Å². The molecule has 0 unspecified atom stereocenters. The minimum atomic E-state index is -0.160. The van der Waals surface area contributed by atoms with E-state index in [-0.39, 0.29) is 12.1 Å². The molecule has 5 heteroatoms. The predicted molar refractivity (Wildman–Crippen MR) is 49.1 cm³/mol. The standard InChI is InChI=1S/C8H10N4O/c9-4-5-7(11-12-8(5)13)6-2-1-3-10-6/h1-3,10H,4,9H2,(H2,11,12,13). The average molecular weight is 178 g/mol. The first kappa shape index (κ1) is 7.88. The Morgan fingerprint density at radius 2 is 2.23 bits per heavy atom. The summed E-state index contributed by atoms with van der Waals surface area (Å²) in [5.74, 6) is 0. The van der Waals surface area contributed by atoms with E-state index in [0.29, 0.717) is 5.56 Å². The lowest BCUT2D eigenvalue weighted by Crippen LogP contribution is -2.10. The Hall–Kier alpha value is -1.75. The third-order valence-electron chi connectivity index (χ3n) is 1.95. The van der Waals surface area contributed by atoms with E-state index in [2.05, 4.69) is 15.2 Å². The highest BCUT2D eigenvalue weighted by Crippen LogP contribution is 2.15. The van der Waals surface area contributed by atoms with Crippen molar-refractivity contribution >= 4 is 0 Å². The molecule has 0 aliphatic rings. The predicted octanol–water partition coefficient (Wildman–Crippen LogP) is 0.157. The number of aromatic amines is 3. The maximum atomic E-state index is 11.2. The number of nitrogens with one attached hydrogen (secondary N) is 3. The molecule has 0 saturated carbocycles. The van der Waals surface area contributed by atoms with Crippen LogP contribution in [-0.2, 0) is 6.54 Å². The van der Waals surface area contributed by atoms with Crippen LogP contribution in [0.15, 0.2) is 23.1 Å². The molecule has 2 rings (SSSR count). The van der Waals surface area contributed by atoms with Gasteiger partial charge in [-0.05, 0) is 12.1 Å². The van der Waals surface area contributed by atoms with Gasteiger partial charge in [-0.2, -0.15) is 0 Å². The molecule has 0 fully saturated rings. The summed E-state index contributed by atoms with van der Waals surface area (Å²) in [6.45, 7) is 0.229. The lowest BCUT2D eigenvalue weighted by molar-refractivity contribution is 1.04. The first-order valence-corrected chi connectivity index (χ1v) is 3.96. The molecule has 0 bridgehead atoms. The molecule has 0 saturated heterocycles. The van der Waals surface area contributed by atoms with E-state index in [1.807, 2.05) is 12.1 Å². The maximum absolute atomic E-state index is 11.2. The van der Waals surface area contributed by atoms with Crippen LogP contribution in [0.25, 0.3) is 11.4 Å². The van der Waals surface area contributed by atoms with Gasteiger partial charge in [0.05, 0.1) is 17.0 Å². The fourth-order valence-electron chi connectivity index (χ4n) is 1.29. The van der Waals surface area contributed by atoms with Crippen molar-refractivity contribution in [3.8, 4) is 11.4 Å². The second-order valence-electron chi connectivity index (χ2n) is 2.72. The molecule has 0 amide bonds. The van der Waals surface area contributed by atoms with E-state index < -0.39 is 0 Å². The Labute approximate surface area is 74.0 Å². The molecule has 0 atom stereocenters. The van der Waals surface area contributed by atoms with Gasteiger partial charge in [0.15, 0.2) is 0 Å². The SMILES string of the molecule is NCc1c(-c2ccc[nH]2)[nH][nH]c1=O. The quantitative estimate of drug-likeness (QED) is 0.527. The smallest absolute Gasteiger partial charge is 0.269 e. The first-order valence-electron chi connectivity index (χ1n) is 3.96. The summed E-state index contributed by atoms with van der Waals surface area (Å²) in [5.41, 5.74) is 7.45. The third kappa shape index (κ3) is 1.19. The lowest BCUT2D eigenvalue weighted by Gasteiger charge is -1.95. The van der Waals surface area contributed by atoms with Gasteiger partial charge in [0.2, 0.25) is 0 Å². The van der Waals surface area contributed by atoms with E-state index in [9.17, 15) is 4.79 Å². The van der Waals surface area contributed by atoms with Crippen LogP contribution in [0.1, 0.15) is 5.56 Å². The second kappa shape index (κ2) is 2.95. The lowest BCUT2D eigenvalue weighted by atomic mass is 10.2. The fourth-order valence-corrected chi connectivity index (χ4v) is 1.29. The van der Waals surface area contributed by atoms with E-state index in [1.165, 1.54) is 0 Å². The van der Waals surface area contributed by atoms with Crippen LogP contribution in [0.5, 0.6) is 0 Å². The van der Waals surface area contributed by atoms with Gasteiger partial charge in [0, 0.05) is 12.7 Å². The van der Waals surface area contributed by atoms with Crippen LogP contribution >= 0.6 is 0 Å². The number of hydrogen-bond acceptors (Lipinski definition) is 2. The highest BCUT2D eigenvalue weighted by atomic mass is 16.1. The molecule has 5 nitrogen and oxygen atoms in total. The summed E-state index contributed by atoms with van der Waals surface area (Å²) >= 11 is 0. The summed E-state index contributed by atoms with van der Waals surface area (Å²) in [5, 5.41) is 5.27. The zero-order chi connectivity index (χ0) is 9.26. The minimum absolute atomic E-state index is 0.160. The Morgan fingerprint density at radius 1 is 1.38 bits per heavy atom. The summed E-state index contributed by atoms with van der Waals surface area (Å²) < 4.78 is 0. The van der Waals surface area contributed by atoms with Gasteiger partial charge in [-0.25, -0.2) is 0 Å². The van der Waals surface area contributed by atoms with Gasteiger partial charge >= 0.3 is 0 Å². The summed E-state index contributed by atoms with van der Waals surface area (Å²) in [6.07, 6.45) is 1.79. The zero-order valence-electron chi connectivity index (χ0n) is 6.92. The number of H-pyrrole nitrogens is 3. The van der Waals surface area contributed by atoms with Crippen LogP contribution in [0.2, 0.25) is 0 Å². The third-order valence-corrected chi connectivity index (χ3v) is 1.95. The van der Waals surface area contributed by atoms with Crippen molar-refractivity contribution in [3.63, 3.8) is 0 Å². The van der Waals surface area contributed by atoms with Crippen LogP contribution in [0, 0.1) is 0 Å². The molecular formula is C8H10N4O.